The summed E-state index contributed by atoms with van der Waals surface area (Å²) in [6, 6.07) is 16.5. The van der Waals surface area contributed by atoms with Crippen LogP contribution in [-0.4, -0.2) is 16.6 Å². The van der Waals surface area contributed by atoms with Gasteiger partial charge in [-0.25, -0.2) is 4.98 Å². The van der Waals surface area contributed by atoms with Gasteiger partial charge in [0.25, 0.3) is 5.56 Å². The first-order valence-corrected chi connectivity index (χ1v) is 7.04. The highest BCUT2D eigenvalue weighted by Crippen LogP contribution is 2.20. The fraction of sp³-hybridized carbons (Fsp3) is 0.0556. The lowest BCUT2D eigenvalue weighted by molar-refractivity contribution is 0.367. The average Bonchev–Trinajstić information content (AvgIpc) is 2.59. The highest BCUT2D eigenvalue weighted by Gasteiger charge is 2.02. The molecule has 3 aromatic rings. The minimum Gasteiger partial charge on any atom is -0.478 e. The quantitative estimate of drug-likeness (QED) is 0.803. The summed E-state index contributed by atoms with van der Waals surface area (Å²) < 4.78 is 5.36. The number of rotatable bonds is 4. The standard InChI is InChI=1S/C18H13N3O2/c19-11-12-23-16-8-4-1-5-13(16)9-10-17-20-15-7-3-2-6-14(15)18(22)21-17/h1-10H,12H2,(H,20,21,22). The second-order valence-electron chi connectivity index (χ2n) is 4.79. The first kappa shape index (κ1) is 14.5. The van der Waals surface area contributed by atoms with Crippen LogP contribution in [0.15, 0.2) is 53.3 Å². The van der Waals surface area contributed by atoms with Crippen LogP contribution in [0.2, 0.25) is 0 Å². The largest absolute Gasteiger partial charge is 0.478 e. The zero-order chi connectivity index (χ0) is 16.1. The van der Waals surface area contributed by atoms with Crippen molar-refractivity contribution in [1.82, 2.24) is 9.97 Å². The third kappa shape index (κ3) is 3.27. The van der Waals surface area contributed by atoms with Crippen molar-refractivity contribution in [3.8, 4) is 11.8 Å². The van der Waals surface area contributed by atoms with Gasteiger partial charge in [-0.2, -0.15) is 5.26 Å². The number of nitriles is 1. The van der Waals surface area contributed by atoms with Gasteiger partial charge in [0.1, 0.15) is 17.6 Å². The number of H-pyrrole nitrogens is 1. The SMILES string of the molecule is N#CCOc1ccccc1C=Cc1nc2ccccc2c(=O)[nH]1. The number of hydrogen-bond donors (Lipinski definition) is 1. The molecule has 0 bridgehead atoms. The van der Waals surface area contributed by atoms with Crippen molar-refractivity contribution >= 4 is 23.1 Å². The second-order valence-corrected chi connectivity index (χ2v) is 4.79. The maximum atomic E-state index is 12.0. The van der Waals surface area contributed by atoms with E-state index in [1.165, 1.54) is 0 Å². The van der Waals surface area contributed by atoms with Crippen LogP contribution in [-0.2, 0) is 0 Å². The molecule has 0 radical (unpaired) electrons. The lowest BCUT2D eigenvalue weighted by atomic mass is 10.2. The van der Waals surface area contributed by atoms with Crippen LogP contribution in [0.25, 0.3) is 23.1 Å². The fourth-order valence-electron chi connectivity index (χ4n) is 2.21. The molecule has 0 amide bonds. The number of nitrogens with zero attached hydrogens (tertiary/aromatic N) is 2. The van der Waals surface area contributed by atoms with E-state index >= 15 is 0 Å². The van der Waals surface area contributed by atoms with Crippen molar-refractivity contribution in [2.45, 2.75) is 0 Å². The van der Waals surface area contributed by atoms with Crippen LogP contribution >= 0.6 is 0 Å². The summed E-state index contributed by atoms with van der Waals surface area (Å²) in [5, 5.41) is 9.17. The van der Waals surface area contributed by atoms with Crippen molar-refractivity contribution in [3.05, 3.63) is 70.3 Å². The van der Waals surface area contributed by atoms with E-state index in [9.17, 15) is 4.79 Å². The molecule has 5 nitrogen and oxygen atoms in total. The smallest absolute Gasteiger partial charge is 0.259 e. The van der Waals surface area contributed by atoms with Crippen molar-refractivity contribution in [3.63, 3.8) is 0 Å². The Bertz CT molecular complexity index is 968. The molecule has 0 unspecified atom stereocenters. The predicted octanol–water partition coefficient (Wildman–Crippen LogP) is 3.00. The molecule has 0 aliphatic heterocycles. The summed E-state index contributed by atoms with van der Waals surface area (Å²) in [5.74, 6) is 1.07. The van der Waals surface area contributed by atoms with Gasteiger partial charge in [-0.3, -0.25) is 4.79 Å². The highest BCUT2D eigenvalue weighted by molar-refractivity contribution is 5.79. The lowest BCUT2D eigenvalue weighted by Crippen LogP contribution is -2.09. The molecule has 0 spiro atoms. The molecule has 0 fully saturated rings. The monoisotopic (exact) mass is 303 g/mol. The van der Waals surface area contributed by atoms with E-state index in [1.807, 2.05) is 30.3 Å². The van der Waals surface area contributed by atoms with E-state index in [4.69, 9.17) is 10.00 Å². The Morgan fingerprint density at radius 1 is 1.13 bits per heavy atom. The molecular formula is C18H13N3O2. The van der Waals surface area contributed by atoms with E-state index in [0.717, 1.165) is 5.56 Å². The van der Waals surface area contributed by atoms with Gasteiger partial charge in [-0.05, 0) is 30.4 Å². The lowest BCUT2D eigenvalue weighted by Gasteiger charge is -2.05. The number of benzene rings is 2. The molecule has 0 saturated carbocycles. The summed E-state index contributed by atoms with van der Waals surface area (Å²) in [5.41, 5.74) is 1.27. The Kier molecular flexibility index (Phi) is 4.16. The third-order valence-electron chi connectivity index (χ3n) is 3.26. The van der Waals surface area contributed by atoms with Crippen molar-refractivity contribution in [2.24, 2.45) is 0 Å². The highest BCUT2D eigenvalue weighted by atomic mass is 16.5. The van der Waals surface area contributed by atoms with Crippen LogP contribution in [0.5, 0.6) is 5.75 Å². The van der Waals surface area contributed by atoms with Crippen LogP contribution < -0.4 is 10.3 Å². The molecule has 1 aromatic heterocycles. The minimum absolute atomic E-state index is 0.0179. The third-order valence-corrected chi connectivity index (χ3v) is 3.26. The normalized spacial score (nSPS) is 10.7. The second kappa shape index (κ2) is 6.58. The molecule has 0 aliphatic carbocycles. The Morgan fingerprint density at radius 3 is 2.78 bits per heavy atom. The van der Waals surface area contributed by atoms with Gasteiger partial charge in [-0.1, -0.05) is 30.3 Å². The molecule has 0 saturated heterocycles. The summed E-state index contributed by atoms with van der Waals surface area (Å²) in [6.45, 7) is -0.0179. The molecule has 23 heavy (non-hydrogen) atoms. The molecule has 1 N–H and O–H groups in total. The van der Waals surface area contributed by atoms with Crippen molar-refractivity contribution in [2.75, 3.05) is 6.61 Å². The zero-order valence-electron chi connectivity index (χ0n) is 12.2. The van der Waals surface area contributed by atoms with E-state index in [0.29, 0.717) is 22.5 Å². The van der Waals surface area contributed by atoms with Gasteiger partial charge >= 0.3 is 0 Å². The van der Waals surface area contributed by atoms with Gasteiger partial charge in [0.05, 0.1) is 10.9 Å². The minimum atomic E-state index is -0.177. The number of fused-ring (bicyclic) bond motifs is 1. The maximum absolute atomic E-state index is 12.0. The molecule has 1 heterocycles. The topological polar surface area (TPSA) is 78.8 Å². The number of aromatic amines is 1. The summed E-state index contributed by atoms with van der Waals surface area (Å²) in [7, 11) is 0. The fourth-order valence-corrected chi connectivity index (χ4v) is 2.21. The number of aromatic nitrogens is 2. The zero-order valence-corrected chi connectivity index (χ0v) is 12.2. The van der Waals surface area contributed by atoms with Crippen molar-refractivity contribution < 1.29 is 4.74 Å². The van der Waals surface area contributed by atoms with Crippen LogP contribution in [0.3, 0.4) is 0 Å². The number of ether oxygens (including phenoxy) is 1. The molecule has 2 aromatic carbocycles. The van der Waals surface area contributed by atoms with Gasteiger partial charge in [-0.15, -0.1) is 0 Å². The van der Waals surface area contributed by atoms with Crippen LogP contribution in [0.4, 0.5) is 0 Å². The molecule has 0 atom stereocenters. The van der Waals surface area contributed by atoms with E-state index in [1.54, 1.807) is 36.4 Å². The van der Waals surface area contributed by atoms with Crippen molar-refractivity contribution in [1.29, 1.82) is 5.26 Å². The Morgan fingerprint density at radius 2 is 1.91 bits per heavy atom. The van der Waals surface area contributed by atoms with E-state index in [2.05, 4.69) is 9.97 Å². The molecule has 112 valence electrons. The number of hydrogen-bond acceptors (Lipinski definition) is 4. The predicted molar refractivity (Wildman–Crippen MR) is 88.8 cm³/mol. The summed E-state index contributed by atoms with van der Waals surface area (Å²) in [4.78, 5) is 19.2. The van der Waals surface area contributed by atoms with Crippen LogP contribution in [0, 0.1) is 11.3 Å². The maximum Gasteiger partial charge on any atom is 0.259 e. The summed E-state index contributed by atoms with van der Waals surface area (Å²) in [6.07, 6.45) is 3.50. The molecular weight excluding hydrogens is 290 g/mol. The number of para-hydroxylation sites is 2. The Balaban J connectivity index is 1.95. The van der Waals surface area contributed by atoms with E-state index < -0.39 is 0 Å². The molecule has 0 aliphatic rings. The molecule has 3 rings (SSSR count). The van der Waals surface area contributed by atoms with Gasteiger partial charge in [0, 0.05) is 5.56 Å². The summed E-state index contributed by atoms with van der Waals surface area (Å²) >= 11 is 0. The Labute approximate surface area is 132 Å². The average molecular weight is 303 g/mol. The van der Waals surface area contributed by atoms with E-state index in [-0.39, 0.29) is 12.2 Å². The first-order chi connectivity index (χ1) is 11.3. The van der Waals surface area contributed by atoms with Gasteiger partial charge in [0.15, 0.2) is 6.61 Å². The number of nitrogens with one attached hydrogen (secondary N) is 1. The first-order valence-electron chi connectivity index (χ1n) is 7.04. The molecule has 5 heteroatoms. The Hall–Kier alpha value is -3.39. The van der Waals surface area contributed by atoms with Gasteiger partial charge in [0.2, 0.25) is 0 Å². The van der Waals surface area contributed by atoms with Crippen LogP contribution in [0.1, 0.15) is 11.4 Å². The van der Waals surface area contributed by atoms with Gasteiger partial charge < -0.3 is 9.72 Å².